The Morgan fingerprint density at radius 1 is 1.47 bits per heavy atom. The number of carboxylic acid groups (broad SMARTS) is 1. The van der Waals surface area contributed by atoms with Crippen molar-refractivity contribution in [2.75, 3.05) is 0 Å². The Balaban J connectivity index is 2.02. The van der Waals surface area contributed by atoms with E-state index in [1.807, 2.05) is 0 Å². The Morgan fingerprint density at radius 3 is 2.53 bits per heavy atom. The number of carbonyl (C=O) groups excluding carboxylic acids is 1. The molecule has 5 heteroatoms. The van der Waals surface area contributed by atoms with Crippen molar-refractivity contribution in [2.24, 2.45) is 5.41 Å². The minimum atomic E-state index is -1.05. The van der Waals surface area contributed by atoms with Gasteiger partial charge in [-0.15, -0.1) is 0 Å². The average Bonchev–Trinajstić information content (AvgIpc) is 2.86. The van der Waals surface area contributed by atoms with E-state index in [0.29, 0.717) is 0 Å². The first-order valence-electron chi connectivity index (χ1n) is 5.40. The summed E-state index contributed by atoms with van der Waals surface area (Å²) in [5.74, 6) is -1.30. The van der Waals surface area contributed by atoms with Gasteiger partial charge in [-0.1, -0.05) is 13.8 Å². The lowest BCUT2D eigenvalue weighted by Gasteiger charge is -2.06. The van der Waals surface area contributed by atoms with Crippen molar-refractivity contribution in [3.63, 3.8) is 0 Å². The minimum absolute atomic E-state index is 0.0771. The van der Waals surface area contributed by atoms with Crippen molar-refractivity contribution in [3.8, 4) is 0 Å². The van der Waals surface area contributed by atoms with Gasteiger partial charge in [-0.25, -0.2) is 4.79 Å². The van der Waals surface area contributed by atoms with Crippen LogP contribution in [0.3, 0.4) is 0 Å². The van der Waals surface area contributed by atoms with Gasteiger partial charge >= 0.3 is 5.97 Å². The van der Waals surface area contributed by atoms with Gasteiger partial charge in [0.2, 0.25) is 0 Å². The van der Waals surface area contributed by atoms with Gasteiger partial charge in [0, 0.05) is 12.2 Å². The molecule has 1 aromatic rings. The van der Waals surface area contributed by atoms with Gasteiger partial charge in [0.05, 0.1) is 5.56 Å². The fourth-order valence-electron chi connectivity index (χ4n) is 1.60. The molecule has 1 aliphatic rings. The Hall–Kier alpha value is -1.91. The van der Waals surface area contributed by atoms with E-state index >= 15 is 0 Å². The molecule has 90 valence electrons. The highest BCUT2D eigenvalue weighted by Crippen LogP contribution is 2.44. The van der Waals surface area contributed by atoms with E-state index < -0.39 is 5.97 Å². The highest BCUT2D eigenvalue weighted by atomic mass is 16.4. The van der Waals surface area contributed by atoms with Crippen molar-refractivity contribution in [3.05, 3.63) is 29.6 Å². The standard InChI is InChI=1S/C12H14N2O3/c1-12(2)5-9(12)14-10(15)8-4-3-7(6-13-8)11(16)17/h3-4,6,9H,5H2,1-2H3,(H,14,15)(H,16,17). The lowest BCUT2D eigenvalue weighted by atomic mass is 10.2. The lowest BCUT2D eigenvalue weighted by Crippen LogP contribution is -2.29. The zero-order chi connectivity index (χ0) is 12.6. The van der Waals surface area contributed by atoms with Gasteiger partial charge in [0.15, 0.2) is 0 Å². The number of hydrogen-bond acceptors (Lipinski definition) is 3. The second-order valence-corrected chi connectivity index (χ2v) is 4.96. The third-order valence-corrected chi connectivity index (χ3v) is 3.06. The molecule has 5 nitrogen and oxygen atoms in total. The molecule has 2 N–H and O–H groups in total. The largest absolute Gasteiger partial charge is 0.478 e. The van der Waals surface area contributed by atoms with E-state index in [1.54, 1.807) is 0 Å². The molecule has 1 aliphatic carbocycles. The number of pyridine rings is 1. The van der Waals surface area contributed by atoms with Crippen LogP contribution in [0.5, 0.6) is 0 Å². The van der Waals surface area contributed by atoms with Crippen LogP contribution >= 0.6 is 0 Å². The van der Waals surface area contributed by atoms with E-state index in [4.69, 9.17) is 5.11 Å². The first-order valence-corrected chi connectivity index (χ1v) is 5.40. The van der Waals surface area contributed by atoms with Gasteiger partial charge in [-0.05, 0) is 24.0 Å². The second-order valence-electron chi connectivity index (χ2n) is 4.96. The third kappa shape index (κ3) is 2.43. The molecular weight excluding hydrogens is 220 g/mol. The monoisotopic (exact) mass is 234 g/mol. The van der Waals surface area contributed by atoms with Gasteiger partial charge in [-0.3, -0.25) is 9.78 Å². The van der Waals surface area contributed by atoms with Crippen molar-refractivity contribution >= 4 is 11.9 Å². The first-order chi connectivity index (χ1) is 7.90. The van der Waals surface area contributed by atoms with Crippen LogP contribution in [0.2, 0.25) is 0 Å². The zero-order valence-corrected chi connectivity index (χ0v) is 9.73. The van der Waals surface area contributed by atoms with Crippen LogP contribution in [0, 0.1) is 5.41 Å². The summed E-state index contributed by atoms with van der Waals surface area (Å²) in [5, 5.41) is 11.6. The smallest absolute Gasteiger partial charge is 0.337 e. The van der Waals surface area contributed by atoms with E-state index in [-0.39, 0.29) is 28.6 Å². The lowest BCUT2D eigenvalue weighted by molar-refractivity contribution is 0.0695. The third-order valence-electron chi connectivity index (χ3n) is 3.06. The Morgan fingerprint density at radius 2 is 2.12 bits per heavy atom. The van der Waals surface area contributed by atoms with E-state index in [9.17, 15) is 9.59 Å². The van der Waals surface area contributed by atoms with Crippen LogP contribution in [-0.4, -0.2) is 28.0 Å². The van der Waals surface area contributed by atoms with Crippen molar-refractivity contribution in [2.45, 2.75) is 26.3 Å². The predicted octanol–water partition coefficient (Wildman–Crippen LogP) is 1.31. The van der Waals surface area contributed by atoms with Crippen molar-refractivity contribution in [1.82, 2.24) is 10.3 Å². The SMILES string of the molecule is CC1(C)CC1NC(=O)c1ccc(C(=O)O)cn1. The Kier molecular flexibility index (Phi) is 2.61. The summed E-state index contributed by atoms with van der Waals surface area (Å²) in [6.07, 6.45) is 2.15. The number of rotatable bonds is 3. The molecule has 1 fully saturated rings. The van der Waals surface area contributed by atoms with E-state index in [0.717, 1.165) is 6.42 Å². The molecule has 0 bridgehead atoms. The number of aromatic carboxylic acids is 1. The summed E-state index contributed by atoms with van der Waals surface area (Å²) < 4.78 is 0. The molecule has 1 unspecified atom stereocenters. The summed E-state index contributed by atoms with van der Waals surface area (Å²) in [5.41, 5.74) is 0.488. The number of carboxylic acids is 1. The summed E-state index contributed by atoms with van der Waals surface area (Å²) in [6.45, 7) is 4.16. The topological polar surface area (TPSA) is 79.3 Å². The Bertz CT molecular complexity index is 465. The molecular formula is C12H14N2O3. The highest BCUT2D eigenvalue weighted by molar-refractivity contribution is 5.94. The molecule has 1 aromatic heterocycles. The molecule has 0 spiro atoms. The quantitative estimate of drug-likeness (QED) is 0.826. The van der Waals surface area contributed by atoms with E-state index in [2.05, 4.69) is 24.1 Å². The van der Waals surface area contributed by atoms with Gasteiger partial charge in [0.1, 0.15) is 5.69 Å². The first kappa shape index (κ1) is 11.6. The number of nitrogens with one attached hydrogen (secondary N) is 1. The molecule has 0 aromatic carbocycles. The maximum absolute atomic E-state index is 11.7. The van der Waals surface area contributed by atoms with Crippen LogP contribution in [0.4, 0.5) is 0 Å². The van der Waals surface area contributed by atoms with Crippen LogP contribution in [0.1, 0.15) is 41.1 Å². The van der Waals surface area contributed by atoms with Crippen molar-refractivity contribution in [1.29, 1.82) is 0 Å². The second kappa shape index (κ2) is 3.84. The molecule has 0 aliphatic heterocycles. The van der Waals surface area contributed by atoms with Gasteiger partial charge in [0.25, 0.3) is 5.91 Å². The number of aromatic nitrogens is 1. The molecule has 0 saturated heterocycles. The van der Waals surface area contributed by atoms with Gasteiger partial charge < -0.3 is 10.4 Å². The maximum Gasteiger partial charge on any atom is 0.337 e. The molecule has 17 heavy (non-hydrogen) atoms. The number of hydrogen-bond donors (Lipinski definition) is 2. The normalized spacial score (nSPS) is 20.7. The number of nitrogens with zero attached hydrogens (tertiary/aromatic N) is 1. The summed E-state index contributed by atoms with van der Waals surface area (Å²) in [4.78, 5) is 26.2. The molecule has 1 saturated carbocycles. The number of amides is 1. The highest BCUT2D eigenvalue weighted by Gasteiger charge is 2.46. The molecule has 2 rings (SSSR count). The summed E-state index contributed by atoms with van der Waals surface area (Å²) in [6, 6.07) is 2.99. The van der Waals surface area contributed by atoms with Crippen molar-refractivity contribution < 1.29 is 14.7 Å². The molecule has 1 amide bonds. The number of carbonyl (C=O) groups is 2. The fourth-order valence-corrected chi connectivity index (χ4v) is 1.60. The molecule has 1 heterocycles. The van der Waals surface area contributed by atoms with Crippen LogP contribution < -0.4 is 5.32 Å². The molecule has 0 radical (unpaired) electrons. The summed E-state index contributed by atoms with van der Waals surface area (Å²) in [7, 11) is 0. The van der Waals surface area contributed by atoms with Crippen LogP contribution in [-0.2, 0) is 0 Å². The molecule has 1 atom stereocenters. The summed E-state index contributed by atoms with van der Waals surface area (Å²) >= 11 is 0. The van der Waals surface area contributed by atoms with Crippen LogP contribution in [0.15, 0.2) is 18.3 Å². The zero-order valence-electron chi connectivity index (χ0n) is 9.73. The van der Waals surface area contributed by atoms with Crippen LogP contribution in [0.25, 0.3) is 0 Å². The fraction of sp³-hybridized carbons (Fsp3) is 0.417. The van der Waals surface area contributed by atoms with E-state index in [1.165, 1.54) is 18.3 Å². The minimum Gasteiger partial charge on any atom is -0.478 e. The average molecular weight is 234 g/mol. The Labute approximate surface area is 98.9 Å². The maximum atomic E-state index is 11.7. The van der Waals surface area contributed by atoms with Gasteiger partial charge in [-0.2, -0.15) is 0 Å². The predicted molar refractivity (Wildman–Crippen MR) is 60.8 cm³/mol.